The van der Waals surface area contributed by atoms with Gasteiger partial charge in [0.2, 0.25) is 0 Å². The van der Waals surface area contributed by atoms with Crippen molar-refractivity contribution in [3.8, 4) is 0 Å². The van der Waals surface area contributed by atoms with E-state index in [1.807, 2.05) is 0 Å². The summed E-state index contributed by atoms with van der Waals surface area (Å²) < 4.78 is 2.52. The molecule has 2 unspecified atom stereocenters. The number of hydrogen-bond acceptors (Lipinski definition) is 0. The Balaban J connectivity index is 1.94. The van der Waals surface area contributed by atoms with E-state index >= 15 is 0 Å². The molecule has 3 rings (SSSR count). The molecular weight excluding hydrogens is 412 g/mol. The van der Waals surface area contributed by atoms with Crippen molar-refractivity contribution in [2.45, 2.75) is 109 Å². The highest BCUT2D eigenvalue weighted by Crippen LogP contribution is 2.43. The van der Waals surface area contributed by atoms with Crippen molar-refractivity contribution < 1.29 is 4.57 Å². The molecule has 0 bridgehead atoms. The monoisotopic (exact) mass is 459 g/mol. The van der Waals surface area contributed by atoms with E-state index in [-0.39, 0.29) is 5.41 Å². The normalized spacial score (nSPS) is 14.1. The average Bonchev–Trinajstić information content (AvgIpc) is 3.33. The van der Waals surface area contributed by atoms with Crippen LogP contribution in [0.15, 0.2) is 73.1 Å². The average molecular weight is 460 g/mol. The Morgan fingerprint density at radius 1 is 0.765 bits per heavy atom. The molecule has 1 N–H and O–H groups in total. The van der Waals surface area contributed by atoms with Crippen molar-refractivity contribution in [1.29, 1.82) is 0 Å². The molecule has 1 heterocycles. The van der Waals surface area contributed by atoms with Crippen LogP contribution in [0.1, 0.15) is 108 Å². The first-order valence-electron chi connectivity index (χ1n) is 13.8. The minimum atomic E-state index is 0.0173. The van der Waals surface area contributed by atoms with Crippen LogP contribution in [0.4, 0.5) is 0 Å². The Kier molecular flexibility index (Phi) is 10.9. The molecule has 0 aliphatic heterocycles. The van der Waals surface area contributed by atoms with Gasteiger partial charge in [0.05, 0.1) is 12.5 Å². The van der Waals surface area contributed by atoms with Crippen LogP contribution in [-0.4, -0.2) is 4.98 Å². The third-order valence-corrected chi connectivity index (χ3v) is 7.59. The smallest absolute Gasteiger partial charge is 0.247 e. The maximum atomic E-state index is 3.72. The number of unbranched alkanes of at least 4 members (excludes halogenated alkanes) is 7. The highest BCUT2D eigenvalue weighted by molar-refractivity contribution is 5.32. The summed E-state index contributed by atoms with van der Waals surface area (Å²) in [6.45, 7) is 8.20. The summed E-state index contributed by atoms with van der Waals surface area (Å²) in [7, 11) is 0. The summed E-state index contributed by atoms with van der Waals surface area (Å²) >= 11 is 0. The molecule has 0 aliphatic rings. The molecule has 0 aliphatic carbocycles. The molecule has 3 aromatic rings. The number of aromatic amines is 1. The number of nitrogens with one attached hydrogen (secondary N) is 1. The number of imidazole rings is 1. The molecule has 184 valence electrons. The van der Waals surface area contributed by atoms with Crippen LogP contribution in [0.2, 0.25) is 0 Å². The van der Waals surface area contributed by atoms with Crippen molar-refractivity contribution in [1.82, 2.24) is 4.98 Å². The van der Waals surface area contributed by atoms with Gasteiger partial charge in [-0.1, -0.05) is 126 Å². The lowest BCUT2D eigenvalue weighted by Crippen LogP contribution is -2.43. The van der Waals surface area contributed by atoms with Gasteiger partial charge in [-0.3, -0.25) is 0 Å². The maximum absolute atomic E-state index is 3.72. The summed E-state index contributed by atoms with van der Waals surface area (Å²) in [5, 5.41) is 0. The van der Waals surface area contributed by atoms with Gasteiger partial charge in [-0.2, -0.15) is 0 Å². The molecule has 0 fully saturated rings. The first-order chi connectivity index (χ1) is 16.7. The molecule has 2 nitrogen and oxygen atoms in total. The highest BCUT2D eigenvalue weighted by Gasteiger charge is 2.41. The standard InChI is InChI=1S/C32H46N2/c1-4-6-8-9-10-17-23-30(31-33-24-26-34(31)25-18-7-5-2)32(3,29-21-15-12-16-22-29)27-28-19-13-11-14-20-28/h11-16,19-22,24,26,30H,4-10,17-18,23,25,27H2,1-3H3/p+1. The second-order valence-corrected chi connectivity index (χ2v) is 10.3. The van der Waals surface area contributed by atoms with E-state index in [2.05, 4.69) is 103 Å². The minimum Gasteiger partial charge on any atom is -0.247 e. The third kappa shape index (κ3) is 7.32. The Morgan fingerprint density at radius 3 is 2.09 bits per heavy atom. The molecule has 0 amide bonds. The van der Waals surface area contributed by atoms with Gasteiger partial charge < -0.3 is 0 Å². The van der Waals surface area contributed by atoms with E-state index in [1.165, 1.54) is 81.2 Å². The van der Waals surface area contributed by atoms with Gasteiger partial charge >= 0.3 is 0 Å². The molecule has 1 aromatic heterocycles. The van der Waals surface area contributed by atoms with E-state index in [1.54, 1.807) is 0 Å². The Bertz CT molecular complexity index is 914. The van der Waals surface area contributed by atoms with E-state index < -0.39 is 0 Å². The lowest BCUT2D eigenvalue weighted by Gasteiger charge is -2.37. The zero-order valence-electron chi connectivity index (χ0n) is 21.9. The Morgan fingerprint density at radius 2 is 1.38 bits per heavy atom. The summed E-state index contributed by atoms with van der Waals surface area (Å²) in [5.74, 6) is 1.85. The highest BCUT2D eigenvalue weighted by atomic mass is 15.1. The molecule has 34 heavy (non-hydrogen) atoms. The first-order valence-corrected chi connectivity index (χ1v) is 13.8. The van der Waals surface area contributed by atoms with Gasteiger partial charge in [-0.25, -0.2) is 9.55 Å². The molecule has 0 saturated heterocycles. The second kappa shape index (κ2) is 14.1. The molecule has 2 aromatic carbocycles. The SMILES string of the molecule is CCCCCCCCC(c1[nH]cc[n+]1CCCCC)C(C)(Cc1ccccc1)c1ccccc1. The predicted molar refractivity (Wildman–Crippen MR) is 145 cm³/mol. The molecule has 0 spiro atoms. The lowest BCUT2D eigenvalue weighted by molar-refractivity contribution is -0.705. The largest absolute Gasteiger partial charge is 0.258 e. The second-order valence-electron chi connectivity index (χ2n) is 10.3. The van der Waals surface area contributed by atoms with Gasteiger partial charge in [0.25, 0.3) is 5.82 Å². The molecule has 2 atom stereocenters. The fraction of sp³-hybridized carbons (Fsp3) is 0.531. The fourth-order valence-electron chi connectivity index (χ4n) is 5.55. The number of nitrogens with zero attached hydrogens (tertiary/aromatic N) is 1. The molecular formula is C32H47N2+. The fourth-order valence-corrected chi connectivity index (χ4v) is 5.55. The van der Waals surface area contributed by atoms with Crippen molar-refractivity contribution in [2.75, 3.05) is 0 Å². The van der Waals surface area contributed by atoms with Crippen LogP contribution >= 0.6 is 0 Å². The van der Waals surface area contributed by atoms with Crippen LogP contribution in [0.25, 0.3) is 0 Å². The van der Waals surface area contributed by atoms with Crippen LogP contribution in [0.5, 0.6) is 0 Å². The number of aromatic nitrogens is 2. The van der Waals surface area contributed by atoms with Gasteiger partial charge in [0, 0.05) is 5.41 Å². The van der Waals surface area contributed by atoms with Crippen LogP contribution in [-0.2, 0) is 18.4 Å². The maximum Gasteiger partial charge on any atom is 0.258 e. The van der Waals surface area contributed by atoms with Crippen LogP contribution in [0.3, 0.4) is 0 Å². The number of aryl methyl sites for hydroxylation is 1. The summed E-state index contributed by atoms with van der Waals surface area (Å²) in [6, 6.07) is 22.4. The van der Waals surface area contributed by atoms with Gasteiger partial charge in [-0.15, -0.1) is 0 Å². The Hall–Kier alpha value is -2.35. The molecule has 0 radical (unpaired) electrons. The summed E-state index contributed by atoms with van der Waals surface area (Å²) in [6.07, 6.45) is 18.5. The van der Waals surface area contributed by atoms with E-state index in [4.69, 9.17) is 0 Å². The van der Waals surface area contributed by atoms with Crippen molar-refractivity contribution >= 4 is 0 Å². The van der Waals surface area contributed by atoms with E-state index in [9.17, 15) is 0 Å². The topological polar surface area (TPSA) is 19.7 Å². The van der Waals surface area contributed by atoms with Crippen LogP contribution in [0, 0.1) is 0 Å². The van der Waals surface area contributed by atoms with Crippen LogP contribution < -0.4 is 4.57 Å². The van der Waals surface area contributed by atoms with Gasteiger partial charge in [-0.05, 0) is 36.8 Å². The third-order valence-electron chi connectivity index (χ3n) is 7.59. The minimum absolute atomic E-state index is 0.0173. The van der Waals surface area contributed by atoms with Gasteiger partial charge in [0.15, 0.2) is 0 Å². The van der Waals surface area contributed by atoms with Crippen molar-refractivity contribution in [3.63, 3.8) is 0 Å². The number of hydrogen-bond donors (Lipinski definition) is 1. The number of benzene rings is 2. The quantitative estimate of drug-likeness (QED) is 0.164. The van der Waals surface area contributed by atoms with Gasteiger partial charge in [0.1, 0.15) is 12.4 Å². The summed E-state index contributed by atoms with van der Waals surface area (Å²) in [5.41, 5.74) is 2.89. The van der Waals surface area contributed by atoms with Crippen molar-refractivity contribution in [2.24, 2.45) is 0 Å². The van der Waals surface area contributed by atoms with Crippen molar-refractivity contribution in [3.05, 3.63) is 90.0 Å². The lowest BCUT2D eigenvalue weighted by atomic mass is 9.66. The Labute approximate surface area is 208 Å². The van der Waals surface area contributed by atoms with E-state index in [0.29, 0.717) is 5.92 Å². The molecule has 0 saturated carbocycles. The van der Waals surface area contributed by atoms with E-state index in [0.717, 1.165) is 13.0 Å². The predicted octanol–water partition coefficient (Wildman–Crippen LogP) is 8.53. The first kappa shape index (κ1) is 26.3. The summed E-state index contributed by atoms with van der Waals surface area (Å²) in [4.78, 5) is 3.72. The zero-order valence-corrected chi connectivity index (χ0v) is 21.9. The molecule has 2 heteroatoms. The number of rotatable bonds is 16. The number of H-pyrrole nitrogens is 1. The zero-order chi connectivity index (χ0) is 24.1.